The van der Waals surface area contributed by atoms with E-state index >= 15 is 0 Å². The van der Waals surface area contributed by atoms with Crippen LogP contribution in [0.3, 0.4) is 0 Å². The Bertz CT molecular complexity index is 436. The zero-order valence-corrected chi connectivity index (χ0v) is 10.0. The second-order valence-electron chi connectivity index (χ2n) is 4.17. The largest absolute Gasteiger partial charge is 0.490 e. The maximum absolute atomic E-state index is 5.46. The van der Waals surface area contributed by atoms with Crippen molar-refractivity contribution in [1.29, 1.82) is 0 Å². The Morgan fingerprint density at radius 3 is 1.50 bits per heavy atom. The molecule has 0 bridgehead atoms. The topological polar surface area (TPSA) is 70.0 Å². The summed E-state index contributed by atoms with van der Waals surface area (Å²) in [5, 5.41) is 16.2. The molecule has 0 aliphatic carbocycles. The van der Waals surface area contributed by atoms with Crippen LogP contribution >= 0.6 is 0 Å². The van der Waals surface area contributed by atoms with Gasteiger partial charge in [0.1, 0.15) is 0 Å². The van der Waals surface area contributed by atoms with Gasteiger partial charge in [-0.05, 0) is 37.8 Å². The predicted molar refractivity (Wildman–Crippen MR) is 63.9 cm³/mol. The van der Waals surface area contributed by atoms with Crippen molar-refractivity contribution in [3.8, 4) is 0 Å². The van der Waals surface area contributed by atoms with Gasteiger partial charge >= 0.3 is 0 Å². The highest BCUT2D eigenvalue weighted by Gasteiger charge is 2.15. The van der Waals surface area contributed by atoms with Crippen molar-refractivity contribution >= 4 is 11.5 Å². The molecule has 0 fully saturated rings. The van der Waals surface area contributed by atoms with Crippen LogP contribution in [0.25, 0.3) is 11.5 Å². The molecule has 0 unspecified atom stereocenters. The molecule has 1 aromatic rings. The van der Waals surface area contributed by atoms with Gasteiger partial charge < -0.3 is 9.47 Å². The minimum Gasteiger partial charge on any atom is -0.490 e. The fourth-order valence-corrected chi connectivity index (χ4v) is 1.85. The zero-order chi connectivity index (χ0) is 12.2. The van der Waals surface area contributed by atoms with Crippen molar-refractivity contribution in [3.05, 3.63) is 23.8 Å². The molecule has 0 spiro atoms. The van der Waals surface area contributed by atoms with Crippen LogP contribution in [0.2, 0.25) is 0 Å². The molecule has 2 aliphatic rings. The van der Waals surface area contributed by atoms with E-state index in [0.29, 0.717) is 36.4 Å². The van der Waals surface area contributed by atoms with E-state index in [4.69, 9.17) is 9.47 Å². The van der Waals surface area contributed by atoms with E-state index in [2.05, 4.69) is 20.4 Å². The molecule has 6 heteroatoms. The molecule has 1 aromatic heterocycles. The summed E-state index contributed by atoms with van der Waals surface area (Å²) in [6, 6.07) is 0. The smallest absolute Gasteiger partial charge is 0.237 e. The number of ether oxygens (including phenoxy) is 2. The average Bonchev–Trinajstić information content (AvgIpc) is 2.49. The highest BCUT2D eigenvalue weighted by molar-refractivity contribution is 5.54. The van der Waals surface area contributed by atoms with Gasteiger partial charge in [0, 0.05) is 0 Å². The molecule has 0 saturated carbocycles. The van der Waals surface area contributed by atoms with Crippen LogP contribution in [-0.2, 0) is 9.47 Å². The van der Waals surface area contributed by atoms with Gasteiger partial charge in [-0.1, -0.05) is 0 Å². The highest BCUT2D eigenvalue weighted by atomic mass is 16.5. The summed E-state index contributed by atoms with van der Waals surface area (Å²) in [5.41, 5.74) is 0. The Balaban J connectivity index is 1.80. The van der Waals surface area contributed by atoms with Crippen molar-refractivity contribution in [3.63, 3.8) is 0 Å². The fourth-order valence-electron chi connectivity index (χ4n) is 1.85. The van der Waals surface area contributed by atoms with Gasteiger partial charge in [-0.2, -0.15) is 0 Å². The third-order valence-corrected chi connectivity index (χ3v) is 2.79. The van der Waals surface area contributed by atoms with E-state index in [9.17, 15) is 0 Å². The maximum Gasteiger partial charge on any atom is 0.237 e. The van der Waals surface area contributed by atoms with Crippen molar-refractivity contribution in [2.45, 2.75) is 25.7 Å². The average molecular weight is 246 g/mol. The first-order valence-electron chi connectivity index (χ1n) is 6.17. The monoisotopic (exact) mass is 246 g/mol. The van der Waals surface area contributed by atoms with E-state index in [1.807, 2.05) is 12.2 Å². The number of allylic oxidation sites excluding steroid dienone is 2. The molecule has 3 rings (SSSR count). The first-order chi connectivity index (χ1) is 8.93. The van der Waals surface area contributed by atoms with Crippen LogP contribution in [0.4, 0.5) is 0 Å². The summed E-state index contributed by atoms with van der Waals surface area (Å²) >= 11 is 0. The third-order valence-electron chi connectivity index (χ3n) is 2.79. The minimum absolute atomic E-state index is 0.440. The van der Waals surface area contributed by atoms with E-state index < -0.39 is 0 Å². The summed E-state index contributed by atoms with van der Waals surface area (Å²) < 4.78 is 10.9. The molecular formula is C12H14N4O2. The van der Waals surface area contributed by atoms with Gasteiger partial charge in [-0.25, -0.2) is 0 Å². The first kappa shape index (κ1) is 11.1. The lowest BCUT2D eigenvalue weighted by Gasteiger charge is -2.14. The van der Waals surface area contributed by atoms with Gasteiger partial charge in [-0.3, -0.25) is 0 Å². The van der Waals surface area contributed by atoms with Crippen molar-refractivity contribution < 1.29 is 9.47 Å². The maximum atomic E-state index is 5.46. The molecular weight excluding hydrogens is 232 g/mol. The third kappa shape index (κ3) is 2.32. The van der Waals surface area contributed by atoms with Crippen LogP contribution in [0, 0.1) is 0 Å². The lowest BCUT2D eigenvalue weighted by Crippen LogP contribution is -2.11. The van der Waals surface area contributed by atoms with Gasteiger partial charge in [0.05, 0.1) is 13.2 Å². The first-order valence-corrected chi connectivity index (χ1v) is 6.17. The number of nitrogens with zero attached hydrogens (tertiary/aromatic N) is 4. The molecule has 2 aliphatic heterocycles. The number of hydrogen-bond donors (Lipinski definition) is 0. The molecule has 0 amide bonds. The van der Waals surface area contributed by atoms with Crippen LogP contribution in [0.15, 0.2) is 12.2 Å². The number of hydrogen-bond acceptors (Lipinski definition) is 6. The Morgan fingerprint density at radius 1 is 0.722 bits per heavy atom. The number of rotatable bonds is 2. The van der Waals surface area contributed by atoms with Gasteiger partial charge in [0.2, 0.25) is 11.6 Å². The molecule has 3 heterocycles. The highest BCUT2D eigenvalue weighted by Crippen LogP contribution is 2.19. The fraction of sp³-hybridized carbons (Fsp3) is 0.500. The Morgan fingerprint density at radius 2 is 1.17 bits per heavy atom. The van der Waals surface area contributed by atoms with E-state index in [-0.39, 0.29) is 0 Å². The van der Waals surface area contributed by atoms with Crippen LogP contribution < -0.4 is 0 Å². The summed E-state index contributed by atoms with van der Waals surface area (Å²) in [6.07, 6.45) is 7.96. The molecule has 0 saturated heterocycles. The Kier molecular flexibility index (Phi) is 3.16. The predicted octanol–water partition coefficient (Wildman–Crippen LogP) is 1.57. The van der Waals surface area contributed by atoms with E-state index in [1.54, 1.807) is 0 Å². The summed E-state index contributed by atoms with van der Waals surface area (Å²) in [5.74, 6) is 2.22. The standard InChI is InChI=1S/C12H14N4O2/c1-3-7-17-9(5-1)11-13-15-12(16-14-11)10-6-2-4-8-18-10/h5-6H,1-4,7-8H2. The second-order valence-corrected chi connectivity index (χ2v) is 4.17. The normalized spacial score (nSPS) is 19.3. The van der Waals surface area contributed by atoms with Gasteiger partial charge in [0.25, 0.3) is 0 Å². The molecule has 18 heavy (non-hydrogen) atoms. The number of aromatic nitrogens is 4. The summed E-state index contributed by atoms with van der Waals surface area (Å²) in [7, 11) is 0. The van der Waals surface area contributed by atoms with E-state index in [1.165, 1.54) is 0 Å². The van der Waals surface area contributed by atoms with Gasteiger partial charge in [0.15, 0.2) is 11.5 Å². The molecule has 0 N–H and O–H groups in total. The van der Waals surface area contributed by atoms with Crippen LogP contribution in [0.1, 0.15) is 37.3 Å². The second kappa shape index (κ2) is 5.12. The summed E-state index contributed by atoms with van der Waals surface area (Å²) in [6.45, 7) is 1.40. The van der Waals surface area contributed by atoms with Gasteiger partial charge in [-0.15, -0.1) is 20.4 Å². The lowest BCUT2D eigenvalue weighted by molar-refractivity contribution is 0.251. The quantitative estimate of drug-likeness (QED) is 0.788. The van der Waals surface area contributed by atoms with E-state index in [0.717, 1.165) is 25.7 Å². The Labute approximate surface area is 105 Å². The molecule has 94 valence electrons. The molecule has 0 radical (unpaired) electrons. The van der Waals surface area contributed by atoms with Crippen LogP contribution in [-0.4, -0.2) is 33.6 Å². The SMILES string of the molecule is C1=C(c2nnc(C3=CCCCO3)nn2)OCCC1. The zero-order valence-electron chi connectivity index (χ0n) is 10.0. The lowest BCUT2D eigenvalue weighted by atomic mass is 10.2. The Hall–Kier alpha value is -1.98. The van der Waals surface area contributed by atoms with Crippen molar-refractivity contribution in [2.24, 2.45) is 0 Å². The molecule has 0 atom stereocenters. The van der Waals surface area contributed by atoms with Crippen molar-refractivity contribution in [1.82, 2.24) is 20.4 Å². The molecule has 0 aromatic carbocycles. The van der Waals surface area contributed by atoms with Crippen LogP contribution in [0.5, 0.6) is 0 Å². The molecule has 6 nitrogen and oxygen atoms in total. The summed E-state index contributed by atoms with van der Waals surface area (Å²) in [4.78, 5) is 0. The van der Waals surface area contributed by atoms with Crippen molar-refractivity contribution in [2.75, 3.05) is 13.2 Å². The minimum atomic E-state index is 0.440.